The minimum absolute atomic E-state index is 0. The van der Waals surface area contributed by atoms with E-state index in [0.29, 0.717) is 19.2 Å². The van der Waals surface area contributed by atoms with E-state index < -0.39 is 0 Å². The van der Waals surface area contributed by atoms with Crippen molar-refractivity contribution in [2.45, 2.75) is 18.0 Å². The Hall–Kier alpha value is 1.79. The number of hydrogen-bond acceptors (Lipinski definition) is 0. The molecule has 0 saturated heterocycles. The third kappa shape index (κ3) is 9.25. The zero-order valence-electron chi connectivity index (χ0n) is 3.81. The van der Waals surface area contributed by atoms with Gasteiger partial charge in [-0.1, -0.05) is 0 Å². The minimum Gasteiger partial charge on any atom is 0 e. The molecule has 0 spiro atoms. The van der Waals surface area contributed by atoms with Crippen molar-refractivity contribution in [3.63, 3.8) is 0 Å². The first kappa shape index (κ1) is 10.7. The van der Waals surface area contributed by atoms with Crippen LogP contribution in [0.5, 0.6) is 0 Å². The predicted molar refractivity (Wildman–Crippen MR) is 24.8 cm³/mol. The maximum atomic E-state index is 2.79. The molecule has 1 unspecified atom stereocenters. The Labute approximate surface area is 63.5 Å². The van der Waals surface area contributed by atoms with Crippen molar-refractivity contribution in [1.29, 1.82) is 0 Å². The summed E-state index contributed by atoms with van der Waals surface area (Å²) >= 11 is 0.552. The van der Waals surface area contributed by atoms with Gasteiger partial charge in [0.2, 0.25) is 0 Å². The average molecular weight is 374 g/mol. The largest absolute Gasteiger partial charge is 0 e. The fourth-order valence-electron chi connectivity index (χ4n) is 0. The first-order valence-electron chi connectivity index (χ1n) is 1.50. The van der Waals surface area contributed by atoms with Crippen LogP contribution in [0.25, 0.3) is 0 Å². The van der Waals surface area contributed by atoms with E-state index in [2.05, 4.69) is 21.0 Å². The van der Waals surface area contributed by atoms with Gasteiger partial charge in [0, 0.05) is 19.5 Å². The first-order chi connectivity index (χ1) is 2.27. The summed E-state index contributed by atoms with van der Waals surface area (Å²) in [5.41, 5.74) is 0. The second-order valence-electron chi connectivity index (χ2n) is 1.03. The van der Waals surface area contributed by atoms with Gasteiger partial charge in [-0.3, -0.25) is 0 Å². The Balaban J connectivity index is 0. The van der Waals surface area contributed by atoms with Crippen LogP contribution < -0.4 is 0 Å². The molecule has 45 valence electrons. The van der Waals surface area contributed by atoms with Crippen LogP contribution in [-0.2, 0) is 38.7 Å². The molecule has 0 aliphatic carbocycles. The molecule has 6 heavy (non-hydrogen) atoms. The van der Waals surface area contributed by atoms with Crippen LogP contribution in [0.4, 0.5) is 0 Å². The topological polar surface area (TPSA) is 0 Å². The molecule has 0 aromatic carbocycles. The van der Waals surface area contributed by atoms with Gasteiger partial charge < -0.3 is 0 Å². The number of hydrogen-bond donors (Lipinski definition) is 0. The number of rotatable bonds is 1. The van der Waals surface area contributed by atoms with Crippen molar-refractivity contribution in [3.05, 3.63) is 0 Å². The Morgan fingerprint density at radius 2 is 1.67 bits per heavy atom. The summed E-state index contributed by atoms with van der Waals surface area (Å²) in [6, 6.07) is 0. The second-order valence-corrected chi connectivity index (χ2v) is 5.90. The molecule has 1 atom stereocenters. The van der Waals surface area contributed by atoms with Crippen molar-refractivity contribution in [1.82, 2.24) is 0 Å². The molecule has 0 aliphatic heterocycles. The van der Waals surface area contributed by atoms with E-state index in [1.54, 1.807) is 0 Å². The smallest absolute Gasteiger partial charge is 0 e. The van der Waals surface area contributed by atoms with Gasteiger partial charge >= 0.3 is 44.3 Å². The van der Waals surface area contributed by atoms with Crippen LogP contribution in [0.2, 0.25) is 4.14 Å². The molecular weight excluding hydrogens is 365 g/mol. The minimum atomic E-state index is 0. The van der Waals surface area contributed by atoms with Crippen molar-refractivity contribution in [2.24, 2.45) is 0 Å². The van der Waals surface area contributed by atoms with Crippen LogP contribution >= 0.6 is 7.13 Å². The summed E-state index contributed by atoms with van der Waals surface area (Å²) < 4.78 is 0.944. The van der Waals surface area contributed by atoms with Gasteiger partial charge in [0.25, 0.3) is 0 Å². The third-order valence-electron chi connectivity index (χ3n) is 0.201. The fourth-order valence-corrected chi connectivity index (χ4v) is 0. The molecule has 0 nitrogen and oxygen atoms in total. The van der Waals surface area contributed by atoms with Crippen LogP contribution in [0.15, 0.2) is 0 Å². The molecular formula is C3H9AuPRu. The van der Waals surface area contributed by atoms with Gasteiger partial charge in [-0.05, 0) is 0 Å². The van der Waals surface area contributed by atoms with Crippen molar-refractivity contribution < 1.29 is 38.7 Å². The van der Waals surface area contributed by atoms with Crippen LogP contribution in [0.1, 0.15) is 13.8 Å². The molecule has 0 amide bonds. The van der Waals surface area contributed by atoms with Crippen molar-refractivity contribution in [2.75, 3.05) is 0 Å². The molecule has 3 heteroatoms. The van der Waals surface area contributed by atoms with E-state index in [1.807, 2.05) is 0 Å². The van der Waals surface area contributed by atoms with Gasteiger partial charge in [0.1, 0.15) is 0 Å². The normalized spacial score (nSPS) is 8.67. The summed E-state index contributed by atoms with van der Waals surface area (Å²) in [5, 5.41) is 0. The summed E-state index contributed by atoms with van der Waals surface area (Å²) in [6.07, 6.45) is 0. The summed E-state index contributed by atoms with van der Waals surface area (Å²) in [5.74, 6) is 0. The van der Waals surface area contributed by atoms with Gasteiger partial charge in [0.15, 0.2) is 0 Å². The molecule has 0 fully saturated rings. The van der Waals surface area contributed by atoms with E-state index in [4.69, 9.17) is 0 Å². The van der Waals surface area contributed by atoms with Crippen LogP contribution in [0, 0.1) is 0 Å². The zero-order valence-corrected chi connectivity index (χ0v) is 8.87. The van der Waals surface area contributed by atoms with Gasteiger partial charge in [-0.2, -0.15) is 0 Å². The van der Waals surface area contributed by atoms with E-state index in [9.17, 15) is 0 Å². The molecule has 0 aromatic heterocycles. The molecule has 0 rings (SSSR count). The van der Waals surface area contributed by atoms with Gasteiger partial charge in [0.05, 0.1) is 0 Å². The standard InChI is InChI=1S/C3H7.Au.H2P.Ru/c1-3-2;;;/h3H,1-2H3;;1H2;/q;+1;-1;. The van der Waals surface area contributed by atoms with E-state index in [0.717, 1.165) is 4.14 Å². The molecule has 0 aromatic rings. The Morgan fingerprint density at radius 1 is 1.50 bits per heavy atom. The fraction of sp³-hybridized carbons (Fsp3) is 1.00. The van der Waals surface area contributed by atoms with E-state index >= 15 is 0 Å². The summed E-state index contributed by atoms with van der Waals surface area (Å²) in [6.45, 7) is 4.49. The molecule has 0 heterocycles. The zero-order chi connectivity index (χ0) is 4.28. The maximum Gasteiger partial charge on any atom is 0 e. The van der Waals surface area contributed by atoms with Crippen molar-refractivity contribution in [3.8, 4) is 0 Å². The summed E-state index contributed by atoms with van der Waals surface area (Å²) in [7, 11) is 2.79. The first-order valence-corrected chi connectivity index (χ1v) is 6.85. The van der Waals surface area contributed by atoms with Gasteiger partial charge in [-0.25, -0.2) is 0 Å². The molecule has 0 saturated carbocycles. The molecule has 0 bridgehead atoms. The molecule has 0 N–H and O–H groups in total. The summed E-state index contributed by atoms with van der Waals surface area (Å²) in [4.78, 5) is 0. The Bertz CT molecular complexity index is 24.8. The SMILES string of the molecule is C[CH](C)[Au][PH2].[Ru]. The maximum absolute atomic E-state index is 2.79. The third-order valence-corrected chi connectivity index (χ3v) is 4.94. The van der Waals surface area contributed by atoms with E-state index in [1.165, 1.54) is 0 Å². The average Bonchev–Trinajstić information content (AvgIpc) is 1.38. The molecule has 0 radical (unpaired) electrons. The Morgan fingerprint density at radius 3 is 1.67 bits per heavy atom. The Kier molecular flexibility index (Phi) is 12.1. The van der Waals surface area contributed by atoms with Crippen molar-refractivity contribution >= 4 is 7.13 Å². The predicted octanol–water partition coefficient (Wildman–Crippen LogP) is 1.68. The van der Waals surface area contributed by atoms with Crippen LogP contribution in [-0.4, -0.2) is 0 Å². The monoisotopic (exact) mass is 375 g/mol. The molecule has 0 aliphatic rings. The second kappa shape index (κ2) is 6.79. The van der Waals surface area contributed by atoms with Gasteiger partial charge in [-0.15, -0.1) is 0 Å². The quantitative estimate of drug-likeness (QED) is 0.484. The van der Waals surface area contributed by atoms with E-state index in [-0.39, 0.29) is 19.5 Å². The van der Waals surface area contributed by atoms with Crippen LogP contribution in [0.3, 0.4) is 0 Å².